The Morgan fingerprint density at radius 2 is 2.28 bits per heavy atom. The molecule has 1 aromatic carbocycles. The molecule has 0 amide bonds. The standard InChI is InChI=1S/C13H18ClNO3/c1-10(13(16)17)15(2)7-4-8-18-12-6-3-5-11(14)9-12/h3,5-6,9-10H,4,7-8H2,1-2H3,(H,16,17)/t10-/m0/s1. The van der Waals surface area contributed by atoms with Crippen LogP contribution in [0.3, 0.4) is 0 Å². The molecule has 0 saturated carbocycles. The van der Waals surface area contributed by atoms with Crippen molar-refractivity contribution in [1.29, 1.82) is 0 Å². The quantitative estimate of drug-likeness (QED) is 0.774. The number of nitrogens with zero attached hydrogens (tertiary/aromatic N) is 1. The molecular weight excluding hydrogens is 254 g/mol. The number of rotatable bonds is 7. The zero-order valence-corrected chi connectivity index (χ0v) is 11.4. The minimum Gasteiger partial charge on any atom is -0.493 e. The lowest BCUT2D eigenvalue weighted by atomic mass is 10.3. The first-order chi connectivity index (χ1) is 8.50. The van der Waals surface area contributed by atoms with Gasteiger partial charge in [-0.15, -0.1) is 0 Å². The van der Waals surface area contributed by atoms with Crippen LogP contribution < -0.4 is 4.74 Å². The van der Waals surface area contributed by atoms with Crippen molar-refractivity contribution < 1.29 is 14.6 Å². The number of hydrogen-bond acceptors (Lipinski definition) is 3. The highest BCUT2D eigenvalue weighted by Gasteiger charge is 2.15. The van der Waals surface area contributed by atoms with Crippen LogP contribution in [-0.4, -0.2) is 42.2 Å². The second-order valence-electron chi connectivity index (χ2n) is 4.15. The second kappa shape index (κ2) is 7.24. The summed E-state index contributed by atoms with van der Waals surface area (Å²) in [6, 6.07) is 6.74. The molecule has 100 valence electrons. The van der Waals surface area contributed by atoms with Gasteiger partial charge in [0.25, 0.3) is 0 Å². The molecule has 0 aliphatic carbocycles. The third kappa shape index (κ3) is 4.94. The molecule has 0 fully saturated rings. The molecule has 1 N–H and O–H groups in total. The van der Waals surface area contributed by atoms with Crippen LogP contribution in [0.2, 0.25) is 5.02 Å². The molecule has 5 heteroatoms. The molecule has 0 aromatic heterocycles. The van der Waals surface area contributed by atoms with Crippen LogP contribution in [0.4, 0.5) is 0 Å². The molecule has 18 heavy (non-hydrogen) atoms. The van der Waals surface area contributed by atoms with E-state index in [-0.39, 0.29) is 0 Å². The average molecular weight is 272 g/mol. The van der Waals surface area contributed by atoms with Crippen LogP contribution in [-0.2, 0) is 4.79 Å². The van der Waals surface area contributed by atoms with Gasteiger partial charge in [0, 0.05) is 11.6 Å². The van der Waals surface area contributed by atoms with Gasteiger partial charge in [-0.1, -0.05) is 17.7 Å². The van der Waals surface area contributed by atoms with Gasteiger partial charge in [0.2, 0.25) is 0 Å². The number of benzene rings is 1. The molecule has 0 heterocycles. The van der Waals surface area contributed by atoms with Gasteiger partial charge in [0.05, 0.1) is 6.61 Å². The summed E-state index contributed by atoms with van der Waals surface area (Å²) in [5.41, 5.74) is 0. The van der Waals surface area contributed by atoms with Crippen LogP contribution in [0.25, 0.3) is 0 Å². The summed E-state index contributed by atoms with van der Waals surface area (Å²) in [6.07, 6.45) is 0.765. The first kappa shape index (κ1) is 14.8. The maximum atomic E-state index is 10.7. The van der Waals surface area contributed by atoms with Crippen molar-refractivity contribution in [3.8, 4) is 5.75 Å². The predicted octanol–water partition coefficient (Wildman–Crippen LogP) is 2.51. The highest BCUT2D eigenvalue weighted by molar-refractivity contribution is 6.30. The Morgan fingerprint density at radius 1 is 1.56 bits per heavy atom. The number of carboxylic acids is 1. The molecule has 0 aliphatic heterocycles. The van der Waals surface area contributed by atoms with Crippen molar-refractivity contribution in [3.63, 3.8) is 0 Å². The van der Waals surface area contributed by atoms with Crippen molar-refractivity contribution in [2.24, 2.45) is 0 Å². The van der Waals surface area contributed by atoms with Crippen molar-refractivity contribution >= 4 is 17.6 Å². The maximum Gasteiger partial charge on any atom is 0.320 e. The summed E-state index contributed by atoms with van der Waals surface area (Å²) >= 11 is 5.83. The van der Waals surface area contributed by atoms with Crippen molar-refractivity contribution in [2.45, 2.75) is 19.4 Å². The lowest BCUT2D eigenvalue weighted by Gasteiger charge is -2.20. The highest BCUT2D eigenvalue weighted by atomic mass is 35.5. The smallest absolute Gasteiger partial charge is 0.320 e. The third-order valence-electron chi connectivity index (χ3n) is 2.74. The summed E-state index contributed by atoms with van der Waals surface area (Å²) in [6.45, 7) is 2.88. The molecule has 0 bridgehead atoms. The first-order valence-electron chi connectivity index (χ1n) is 5.82. The molecule has 0 saturated heterocycles. The van der Waals surface area contributed by atoms with E-state index < -0.39 is 12.0 Å². The van der Waals surface area contributed by atoms with E-state index in [0.29, 0.717) is 18.2 Å². The van der Waals surface area contributed by atoms with Crippen molar-refractivity contribution in [3.05, 3.63) is 29.3 Å². The fourth-order valence-corrected chi connectivity index (χ4v) is 1.62. The Morgan fingerprint density at radius 3 is 2.89 bits per heavy atom. The molecule has 1 aromatic rings. The highest BCUT2D eigenvalue weighted by Crippen LogP contribution is 2.17. The van der Waals surface area contributed by atoms with Crippen molar-refractivity contribution in [2.75, 3.05) is 20.2 Å². The zero-order valence-electron chi connectivity index (χ0n) is 10.6. The number of carboxylic acid groups (broad SMARTS) is 1. The second-order valence-corrected chi connectivity index (χ2v) is 4.59. The Kier molecular flexibility index (Phi) is 5.95. The molecule has 1 atom stereocenters. The van der Waals surface area contributed by atoms with E-state index in [1.165, 1.54) is 0 Å². The average Bonchev–Trinajstić information content (AvgIpc) is 2.33. The molecule has 0 unspecified atom stereocenters. The van der Waals surface area contributed by atoms with Gasteiger partial charge in [-0.05, 0) is 38.6 Å². The van der Waals surface area contributed by atoms with Gasteiger partial charge < -0.3 is 9.84 Å². The summed E-state index contributed by atoms with van der Waals surface area (Å²) in [5.74, 6) is -0.0790. The first-order valence-corrected chi connectivity index (χ1v) is 6.20. The molecule has 0 aliphatic rings. The molecule has 0 spiro atoms. The maximum absolute atomic E-state index is 10.7. The van der Waals surface area contributed by atoms with Gasteiger partial charge in [-0.3, -0.25) is 9.69 Å². The Hall–Kier alpha value is -1.26. The lowest BCUT2D eigenvalue weighted by molar-refractivity contribution is -0.142. The monoisotopic (exact) mass is 271 g/mol. The third-order valence-corrected chi connectivity index (χ3v) is 2.97. The topological polar surface area (TPSA) is 49.8 Å². The molecule has 4 nitrogen and oxygen atoms in total. The van der Waals surface area contributed by atoms with E-state index in [0.717, 1.165) is 12.2 Å². The van der Waals surface area contributed by atoms with Crippen LogP contribution in [0, 0.1) is 0 Å². The molecule has 1 rings (SSSR count). The SMILES string of the molecule is C[C@@H](C(=O)O)N(C)CCCOc1cccc(Cl)c1. The van der Waals surface area contributed by atoms with E-state index in [2.05, 4.69) is 0 Å². The summed E-state index contributed by atoms with van der Waals surface area (Å²) in [4.78, 5) is 12.5. The van der Waals surface area contributed by atoms with E-state index in [1.54, 1.807) is 31.0 Å². The fraction of sp³-hybridized carbons (Fsp3) is 0.462. The lowest BCUT2D eigenvalue weighted by Crippen LogP contribution is -2.36. The largest absolute Gasteiger partial charge is 0.493 e. The normalized spacial score (nSPS) is 12.4. The van der Waals surface area contributed by atoms with E-state index in [1.807, 2.05) is 12.1 Å². The summed E-state index contributed by atoms with van der Waals surface area (Å²) in [7, 11) is 1.79. The minimum absolute atomic E-state index is 0.476. The Balaban J connectivity index is 2.25. The van der Waals surface area contributed by atoms with E-state index in [9.17, 15) is 4.79 Å². The number of carbonyl (C=O) groups is 1. The van der Waals surface area contributed by atoms with Gasteiger partial charge >= 0.3 is 5.97 Å². The Bertz CT molecular complexity index is 398. The van der Waals surface area contributed by atoms with Gasteiger partial charge in [0.15, 0.2) is 0 Å². The van der Waals surface area contributed by atoms with Gasteiger partial charge in [-0.25, -0.2) is 0 Å². The van der Waals surface area contributed by atoms with E-state index >= 15 is 0 Å². The predicted molar refractivity (Wildman–Crippen MR) is 71.3 cm³/mol. The summed E-state index contributed by atoms with van der Waals surface area (Å²) in [5, 5.41) is 9.47. The van der Waals surface area contributed by atoms with Crippen molar-refractivity contribution in [1.82, 2.24) is 4.90 Å². The number of ether oxygens (including phenoxy) is 1. The number of likely N-dealkylation sites (N-methyl/N-ethyl adjacent to an activating group) is 1. The van der Waals surface area contributed by atoms with Gasteiger partial charge in [-0.2, -0.15) is 0 Å². The van der Waals surface area contributed by atoms with E-state index in [4.69, 9.17) is 21.4 Å². The van der Waals surface area contributed by atoms with Crippen LogP contribution in [0.15, 0.2) is 24.3 Å². The minimum atomic E-state index is -0.812. The number of halogens is 1. The Labute approximate surface area is 112 Å². The van der Waals surface area contributed by atoms with Crippen LogP contribution in [0.1, 0.15) is 13.3 Å². The fourth-order valence-electron chi connectivity index (χ4n) is 1.44. The van der Waals surface area contributed by atoms with Crippen LogP contribution >= 0.6 is 11.6 Å². The number of hydrogen-bond donors (Lipinski definition) is 1. The van der Waals surface area contributed by atoms with Crippen LogP contribution in [0.5, 0.6) is 5.75 Å². The molecule has 0 radical (unpaired) electrons. The van der Waals surface area contributed by atoms with Gasteiger partial charge in [0.1, 0.15) is 11.8 Å². The summed E-state index contributed by atoms with van der Waals surface area (Å²) < 4.78 is 5.52. The molecular formula is C13H18ClNO3. The zero-order chi connectivity index (χ0) is 13.5. The number of aliphatic carboxylic acids is 1.